The minimum Gasteiger partial charge on any atom is -0.493 e. The van der Waals surface area contributed by atoms with Gasteiger partial charge in [0, 0.05) is 31.1 Å². The number of aromatic nitrogens is 2. The van der Waals surface area contributed by atoms with Gasteiger partial charge in [0.05, 0.1) is 32.3 Å². The minimum absolute atomic E-state index is 0.112. The van der Waals surface area contributed by atoms with E-state index in [2.05, 4.69) is 14.9 Å². The lowest BCUT2D eigenvalue weighted by atomic mass is 10.2. The van der Waals surface area contributed by atoms with E-state index in [-0.39, 0.29) is 11.7 Å². The summed E-state index contributed by atoms with van der Waals surface area (Å²) in [5.41, 5.74) is 2.71. The topological polar surface area (TPSA) is 74.6 Å². The number of hydrogen-bond acceptors (Lipinski definition) is 6. The van der Waals surface area contributed by atoms with E-state index in [0.717, 1.165) is 16.5 Å². The van der Waals surface area contributed by atoms with Crippen LogP contribution in [0.4, 0.5) is 5.69 Å². The number of thioether (sulfide) groups is 1. The van der Waals surface area contributed by atoms with Gasteiger partial charge in [-0.1, -0.05) is 11.8 Å². The van der Waals surface area contributed by atoms with Crippen LogP contribution in [0, 0.1) is 13.8 Å². The monoisotopic (exact) mass is 379 g/mol. The molecule has 1 aromatic carbocycles. The molecule has 26 heavy (non-hydrogen) atoms. The highest BCUT2D eigenvalue weighted by atomic mass is 32.2. The number of nitrogens with one attached hydrogen (secondary N) is 1. The third-order valence-electron chi connectivity index (χ3n) is 3.94. The number of aryl methyl sites for hydroxylation is 1. The summed E-state index contributed by atoms with van der Waals surface area (Å²) in [6, 6.07) is 5.26. The summed E-state index contributed by atoms with van der Waals surface area (Å²) in [5.74, 6) is 1.33. The summed E-state index contributed by atoms with van der Waals surface area (Å²) in [6.07, 6.45) is 0. The van der Waals surface area contributed by atoms with Crippen LogP contribution in [0.25, 0.3) is 0 Å². The molecule has 0 aliphatic carbocycles. The molecule has 0 aliphatic rings. The zero-order valence-electron chi connectivity index (χ0n) is 15.8. The first-order valence-corrected chi connectivity index (χ1v) is 9.16. The van der Waals surface area contributed by atoms with Crippen molar-refractivity contribution in [2.45, 2.75) is 25.5 Å². The fraction of sp³-hybridized carbons (Fsp3) is 0.444. The molecule has 142 valence electrons. The Morgan fingerprint density at radius 3 is 2.58 bits per heavy atom. The average molecular weight is 379 g/mol. The number of hydrogen-bond donors (Lipinski definition) is 1. The quantitative estimate of drug-likeness (QED) is 0.675. The molecule has 2 aromatic rings. The van der Waals surface area contributed by atoms with Crippen molar-refractivity contribution in [1.82, 2.24) is 9.55 Å². The molecule has 8 heteroatoms. The number of rotatable bonds is 9. The Hall–Kier alpha value is -2.19. The lowest BCUT2D eigenvalue weighted by molar-refractivity contribution is -0.113. The SMILES string of the molecule is COCCn1c(SCC(=O)Nc2ccc(OC)c(OC)c2)nc(C)c1C. The molecule has 0 fully saturated rings. The van der Waals surface area contributed by atoms with Crippen molar-refractivity contribution in [2.24, 2.45) is 0 Å². The largest absolute Gasteiger partial charge is 0.493 e. The fourth-order valence-electron chi connectivity index (χ4n) is 2.42. The summed E-state index contributed by atoms with van der Waals surface area (Å²) < 4.78 is 17.7. The molecule has 0 radical (unpaired) electrons. The van der Waals surface area contributed by atoms with Crippen LogP contribution < -0.4 is 14.8 Å². The maximum atomic E-state index is 12.3. The highest BCUT2D eigenvalue weighted by molar-refractivity contribution is 7.99. The number of nitrogens with zero attached hydrogens (tertiary/aromatic N) is 2. The van der Waals surface area contributed by atoms with Gasteiger partial charge in [0.25, 0.3) is 0 Å². The number of benzene rings is 1. The van der Waals surface area contributed by atoms with Gasteiger partial charge in [-0.05, 0) is 26.0 Å². The Balaban J connectivity index is 2.00. The third-order valence-corrected chi connectivity index (χ3v) is 4.92. The number of carbonyl (C=O) groups is 1. The molecule has 1 aromatic heterocycles. The average Bonchev–Trinajstić information content (AvgIpc) is 2.91. The van der Waals surface area contributed by atoms with Gasteiger partial charge in [0.15, 0.2) is 16.7 Å². The first-order chi connectivity index (χ1) is 12.5. The molecule has 1 N–H and O–H groups in total. The van der Waals surface area contributed by atoms with E-state index < -0.39 is 0 Å². The Bertz CT molecular complexity index is 761. The zero-order chi connectivity index (χ0) is 19.1. The summed E-state index contributed by atoms with van der Waals surface area (Å²) in [4.78, 5) is 16.8. The van der Waals surface area contributed by atoms with Crippen molar-refractivity contribution in [2.75, 3.05) is 39.0 Å². The van der Waals surface area contributed by atoms with Crippen LogP contribution in [0.15, 0.2) is 23.4 Å². The molecule has 0 aliphatic heterocycles. The standard InChI is InChI=1S/C18H25N3O4S/c1-12-13(2)21(8-9-23-3)18(19-12)26-11-17(22)20-14-6-7-15(24-4)16(10-14)25-5/h6-7,10H,8-9,11H2,1-5H3,(H,20,22). The predicted octanol–water partition coefficient (Wildman–Crippen LogP) is 2.89. The maximum absolute atomic E-state index is 12.3. The van der Waals surface area contributed by atoms with Crippen LogP contribution in [0.3, 0.4) is 0 Å². The van der Waals surface area contributed by atoms with Crippen molar-refractivity contribution in [3.63, 3.8) is 0 Å². The second kappa shape index (κ2) is 9.49. The fourth-order valence-corrected chi connectivity index (χ4v) is 3.34. The third kappa shape index (κ3) is 4.92. The molecule has 2 rings (SSSR count). The minimum atomic E-state index is -0.112. The number of ether oxygens (including phenoxy) is 3. The molecular formula is C18H25N3O4S. The highest BCUT2D eigenvalue weighted by Gasteiger charge is 2.14. The van der Waals surface area contributed by atoms with Crippen LogP contribution in [0.2, 0.25) is 0 Å². The van der Waals surface area contributed by atoms with Crippen LogP contribution in [-0.4, -0.2) is 49.1 Å². The van der Waals surface area contributed by atoms with Crippen molar-refractivity contribution in [1.29, 1.82) is 0 Å². The Kier molecular flexibility index (Phi) is 7.35. The molecule has 0 atom stereocenters. The maximum Gasteiger partial charge on any atom is 0.234 e. The van der Waals surface area contributed by atoms with E-state index in [1.54, 1.807) is 39.5 Å². The molecule has 0 spiro atoms. The van der Waals surface area contributed by atoms with Crippen LogP contribution in [0.5, 0.6) is 11.5 Å². The number of imidazole rings is 1. The molecule has 0 saturated carbocycles. The van der Waals surface area contributed by atoms with Crippen molar-refractivity contribution >= 4 is 23.4 Å². The van der Waals surface area contributed by atoms with Gasteiger partial charge in [0.2, 0.25) is 5.91 Å². The predicted molar refractivity (Wildman–Crippen MR) is 102 cm³/mol. The first-order valence-electron chi connectivity index (χ1n) is 8.17. The van der Waals surface area contributed by atoms with Gasteiger partial charge >= 0.3 is 0 Å². The van der Waals surface area contributed by atoms with E-state index >= 15 is 0 Å². The smallest absolute Gasteiger partial charge is 0.234 e. The van der Waals surface area contributed by atoms with Crippen molar-refractivity contribution < 1.29 is 19.0 Å². The van der Waals surface area contributed by atoms with Gasteiger partial charge in [0.1, 0.15) is 0 Å². The zero-order valence-corrected chi connectivity index (χ0v) is 16.6. The van der Waals surface area contributed by atoms with Gasteiger partial charge in [-0.15, -0.1) is 0 Å². The summed E-state index contributed by atoms with van der Waals surface area (Å²) in [5, 5.41) is 3.68. The van der Waals surface area contributed by atoms with E-state index in [0.29, 0.717) is 30.3 Å². The number of carbonyl (C=O) groups excluding carboxylic acids is 1. The first kappa shape index (κ1) is 20.1. The number of amides is 1. The summed E-state index contributed by atoms with van der Waals surface area (Å²) in [6.45, 7) is 5.29. The molecule has 1 amide bonds. The van der Waals surface area contributed by atoms with Crippen molar-refractivity contribution in [3.05, 3.63) is 29.6 Å². The second-order valence-corrected chi connectivity index (χ2v) is 6.56. The van der Waals surface area contributed by atoms with Gasteiger partial charge in [-0.25, -0.2) is 4.98 Å². The van der Waals surface area contributed by atoms with E-state index in [9.17, 15) is 4.79 Å². The summed E-state index contributed by atoms with van der Waals surface area (Å²) >= 11 is 1.41. The Morgan fingerprint density at radius 1 is 1.19 bits per heavy atom. The van der Waals surface area contributed by atoms with Gasteiger partial charge < -0.3 is 24.1 Å². The molecule has 0 unspecified atom stereocenters. The van der Waals surface area contributed by atoms with Gasteiger partial charge in [-0.3, -0.25) is 4.79 Å². The van der Waals surface area contributed by atoms with E-state index in [4.69, 9.17) is 14.2 Å². The van der Waals surface area contributed by atoms with E-state index in [1.807, 2.05) is 13.8 Å². The van der Waals surface area contributed by atoms with Crippen LogP contribution in [-0.2, 0) is 16.1 Å². The highest BCUT2D eigenvalue weighted by Crippen LogP contribution is 2.30. The molecule has 0 bridgehead atoms. The lowest BCUT2D eigenvalue weighted by Crippen LogP contribution is -2.15. The Morgan fingerprint density at radius 2 is 1.92 bits per heavy atom. The molecule has 7 nitrogen and oxygen atoms in total. The molecule has 0 saturated heterocycles. The Labute approximate surface area is 158 Å². The molecular weight excluding hydrogens is 354 g/mol. The normalized spacial score (nSPS) is 10.7. The van der Waals surface area contributed by atoms with Crippen LogP contribution in [0.1, 0.15) is 11.4 Å². The van der Waals surface area contributed by atoms with Gasteiger partial charge in [-0.2, -0.15) is 0 Å². The summed E-state index contributed by atoms with van der Waals surface area (Å²) in [7, 11) is 4.80. The molecule has 1 heterocycles. The van der Waals surface area contributed by atoms with E-state index in [1.165, 1.54) is 11.8 Å². The lowest BCUT2D eigenvalue weighted by Gasteiger charge is -2.11. The van der Waals surface area contributed by atoms with Crippen LogP contribution >= 0.6 is 11.8 Å². The van der Waals surface area contributed by atoms with Crippen molar-refractivity contribution in [3.8, 4) is 11.5 Å². The number of anilines is 1. The number of methoxy groups -OCH3 is 3. The second-order valence-electron chi connectivity index (χ2n) is 5.62.